The van der Waals surface area contributed by atoms with Crippen LogP contribution in [0.4, 0.5) is 5.82 Å². The molecule has 1 aliphatic heterocycles. The maximum atomic E-state index is 7.00. The predicted molar refractivity (Wildman–Crippen MR) is 60.4 cm³/mol. The van der Waals surface area contributed by atoms with Crippen molar-refractivity contribution in [2.75, 3.05) is 25.1 Å². The summed E-state index contributed by atoms with van der Waals surface area (Å²) in [5, 5.41) is 11.2. The first-order valence-corrected chi connectivity index (χ1v) is 5.29. The molecule has 6 heteroatoms. The van der Waals surface area contributed by atoms with Crippen molar-refractivity contribution >= 4 is 11.6 Å². The second-order valence-electron chi connectivity index (χ2n) is 3.47. The maximum absolute atomic E-state index is 7.00. The second kappa shape index (κ2) is 4.89. The van der Waals surface area contributed by atoms with Crippen molar-refractivity contribution < 1.29 is 5.11 Å². The zero-order valence-corrected chi connectivity index (χ0v) is 9.24. The monoisotopic (exact) mass is 221 g/mol. The average molecular weight is 221 g/mol. The zero-order valence-electron chi connectivity index (χ0n) is 9.24. The average Bonchev–Trinajstić information content (AvgIpc) is 3.02. The van der Waals surface area contributed by atoms with E-state index in [4.69, 9.17) is 5.11 Å². The molecule has 2 aromatic heterocycles. The normalized spacial score (nSPS) is 15.0. The molecule has 0 spiro atoms. The van der Waals surface area contributed by atoms with Crippen LogP contribution in [0.5, 0.6) is 0 Å². The molecule has 2 aromatic rings. The summed E-state index contributed by atoms with van der Waals surface area (Å²) in [5.41, 5.74) is 0. The number of nitrogens with zero attached hydrogens (tertiary/aromatic N) is 5. The molecular weight excluding hydrogens is 206 g/mol. The van der Waals surface area contributed by atoms with Gasteiger partial charge in [0.15, 0.2) is 0 Å². The molecule has 3 heterocycles. The Morgan fingerprint density at radius 2 is 1.94 bits per heavy atom. The van der Waals surface area contributed by atoms with Gasteiger partial charge in [0, 0.05) is 26.4 Å². The van der Waals surface area contributed by atoms with Gasteiger partial charge in [-0.3, -0.25) is 0 Å². The Labute approximate surface area is 93.6 Å². The van der Waals surface area contributed by atoms with E-state index in [0.717, 1.165) is 26.0 Å². The van der Waals surface area contributed by atoms with E-state index < -0.39 is 0 Å². The van der Waals surface area contributed by atoms with Crippen LogP contribution in [0.1, 0.15) is 12.8 Å². The van der Waals surface area contributed by atoms with Gasteiger partial charge in [-0.1, -0.05) is 0 Å². The van der Waals surface area contributed by atoms with Crippen LogP contribution in [-0.2, 0) is 0 Å². The molecule has 1 saturated heterocycles. The van der Waals surface area contributed by atoms with Crippen LogP contribution >= 0.6 is 0 Å². The smallest absolute Gasteiger partial charge is 0.254 e. The lowest BCUT2D eigenvalue weighted by Crippen LogP contribution is -2.21. The summed E-state index contributed by atoms with van der Waals surface area (Å²) in [5.74, 6) is 1.78. The van der Waals surface area contributed by atoms with E-state index in [1.165, 1.54) is 12.8 Å². The van der Waals surface area contributed by atoms with Crippen molar-refractivity contribution in [3.8, 4) is 0 Å². The van der Waals surface area contributed by atoms with Crippen molar-refractivity contribution in [3.05, 3.63) is 18.6 Å². The van der Waals surface area contributed by atoms with Gasteiger partial charge < -0.3 is 10.0 Å². The fraction of sp³-hybridized carbons (Fsp3) is 0.500. The quantitative estimate of drug-likeness (QED) is 0.751. The van der Waals surface area contributed by atoms with Crippen LogP contribution in [0.15, 0.2) is 18.6 Å². The SMILES string of the molecule is CO.c1cc(N2CCCC2)n2ncnc2n1. The molecule has 1 N–H and O–H groups in total. The van der Waals surface area contributed by atoms with Crippen molar-refractivity contribution in [2.45, 2.75) is 12.8 Å². The first kappa shape index (κ1) is 10.8. The predicted octanol–water partition coefficient (Wildman–Crippen LogP) is 0.333. The summed E-state index contributed by atoms with van der Waals surface area (Å²) < 4.78 is 1.80. The standard InChI is InChI=1S/C9H11N5.CH4O/c1-2-6-13(5-1)8-3-4-10-9-11-7-12-14(8)9;1-2/h3-4,7H,1-2,5-6H2;2H,1H3. The molecule has 0 saturated carbocycles. The fourth-order valence-corrected chi connectivity index (χ4v) is 1.91. The van der Waals surface area contributed by atoms with Crippen LogP contribution in [0.2, 0.25) is 0 Å². The summed E-state index contributed by atoms with van der Waals surface area (Å²) >= 11 is 0. The third-order valence-electron chi connectivity index (χ3n) is 2.59. The van der Waals surface area contributed by atoms with Crippen LogP contribution < -0.4 is 4.90 Å². The fourth-order valence-electron chi connectivity index (χ4n) is 1.91. The van der Waals surface area contributed by atoms with Crippen molar-refractivity contribution in [1.82, 2.24) is 19.6 Å². The molecule has 86 valence electrons. The number of aromatic nitrogens is 4. The van der Waals surface area contributed by atoms with Gasteiger partial charge in [-0.2, -0.15) is 14.6 Å². The van der Waals surface area contributed by atoms with Crippen LogP contribution in [0.25, 0.3) is 5.78 Å². The zero-order chi connectivity index (χ0) is 11.4. The van der Waals surface area contributed by atoms with Crippen molar-refractivity contribution in [1.29, 1.82) is 0 Å². The van der Waals surface area contributed by atoms with Gasteiger partial charge in [0.25, 0.3) is 5.78 Å². The number of fused-ring (bicyclic) bond motifs is 1. The third-order valence-corrected chi connectivity index (χ3v) is 2.59. The lowest BCUT2D eigenvalue weighted by Gasteiger charge is -2.17. The lowest BCUT2D eigenvalue weighted by atomic mass is 10.4. The number of aliphatic hydroxyl groups is 1. The molecule has 0 aliphatic carbocycles. The molecular formula is C10H15N5O. The molecule has 6 nitrogen and oxygen atoms in total. The van der Waals surface area contributed by atoms with Crippen LogP contribution in [0.3, 0.4) is 0 Å². The maximum Gasteiger partial charge on any atom is 0.254 e. The molecule has 0 bridgehead atoms. The van der Waals surface area contributed by atoms with Gasteiger partial charge >= 0.3 is 0 Å². The molecule has 0 atom stereocenters. The highest BCUT2D eigenvalue weighted by Gasteiger charge is 2.15. The number of rotatable bonds is 1. The Bertz CT molecular complexity index is 449. The summed E-state index contributed by atoms with van der Waals surface area (Å²) in [7, 11) is 1.00. The minimum absolute atomic E-state index is 0.675. The summed E-state index contributed by atoms with van der Waals surface area (Å²) in [6.45, 7) is 2.22. The van der Waals surface area contributed by atoms with Gasteiger partial charge in [-0.25, -0.2) is 4.98 Å². The first-order valence-electron chi connectivity index (χ1n) is 5.29. The second-order valence-corrected chi connectivity index (χ2v) is 3.47. The van der Waals surface area contributed by atoms with E-state index in [2.05, 4.69) is 20.0 Å². The molecule has 0 unspecified atom stereocenters. The van der Waals surface area contributed by atoms with Gasteiger partial charge in [0.1, 0.15) is 12.1 Å². The molecule has 1 fully saturated rings. The third kappa shape index (κ3) is 1.83. The summed E-state index contributed by atoms with van der Waals surface area (Å²) in [6.07, 6.45) is 5.86. The van der Waals surface area contributed by atoms with E-state index in [9.17, 15) is 0 Å². The Balaban J connectivity index is 0.000000457. The minimum Gasteiger partial charge on any atom is -0.400 e. The van der Waals surface area contributed by atoms with E-state index >= 15 is 0 Å². The first-order chi connectivity index (χ1) is 7.95. The van der Waals surface area contributed by atoms with Gasteiger partial charge in [0.2, 0.25) is 0 Å². The Hall–Kier alpha value is -1.69. The number of hydrogen-bond acceptors (Lipinski definition) is 5. The minimum atomic E-state index is 0.675. The Morgan fingerprint density at radius 1 is 1.19 bits per heavy atom. The van der Waals surface area contributed by atoms with E-state index in [-0.39, 0.29) is 0 Å². The molecule has 0 aromatic carbocycles. The molecule has 0 amide bonds. The molecule has 16 heavy (non-hydrogen) atoms. The van der Waals surface area contributed by atoms with Crippen LogP contribution in [-0.4, -0.2) is 44.9 Å². The van der Waals surface area contributed by atoms with Gasteiger partial charge in [0.05, 0.1) is 0 Å². The van der Waals surface area contributed by atoms with E-state index in [0.29, 0.717) is 5.78 Å². The van der Waals surface area contributed by atoms with Gasteiger partial charge in [-0.15, -0.1) is 0 Å². The highest BCUT2D eigenvalue weighted by atomic mass is 16.2. The lowest BCUT2D eigenvalue weighted by molar-refractivity contribution is 0.399. The topological polar surface area (TPSA) is 66.5 Å². The Morgan fingerprint density at radius 3 is 2.69 bits per heavy atom. The van der Waals surface area contributed by atoms with Crippen molar-refractivity contribution in [2.24, 2.45) is 0 Å². The molecule has 3 rings (SSSR count). The molecule has 1 aliphatic rings. The Kier molecular flexibility index (Phi) is 3.31. The number of aliphatic hydroxyl groups excluding tert-OH is 1. The summed E-state index contributed by atoms with van der Waals surface area (Å²) in [6, 6.07) is 1.99. The molecule has 0 radical (unpaired) electrons. The largest absolute Gasteiger partial charge is 0.400 e. The highest BCUT2D eigenvalue weighted by Crippen LogP contribution is 2.18. The highest BCUT2D eigenvalue weighted by molar-refractivity contribution is 5.45. The number of anilines is 1. The summed E-state index contributed by atoms with van der Waals surface area (Å²) in [4.78, 5) is 10.5. The van der Waals surface area contributed by atoms with E-state index in [1.807, 2.05) is 6.07 Å². The van der Waals surface area contributed by atoms with E-state index in [1.54, 1.807) is 17.0 Å². The van der Waals surface area contributed by atoms with Crippen LogP contribution in [0, 0.1) is 0 Å². The van der Waals surface area contributed by atoms with Gasteiger partial charge in [-0.05, 0) is 18.9 Å². The van der Waals surface area contributed by atoms with Crippen molar-refractivity contribution in [3.63, 3.8) is 0 Å². The number of hydrogen-bond donors (Lipinski definition) is 1.